The van der Waals surface area contributed by atoms with Crippen LogP contribution in [0.1, 0.15) is 58.8 Å². The summed E-state index contributed by atoms with van der Waals surface area (Å²) in [5.74, 6) is 0.897. The molecule has 1 saturated heterocycles. The summed E-state index contributed by atoms with van der Waals surface area (Å²) in [6.07, 6.45) is 8.07. The number of imide groups is 1. The minimum absolute atomic E-state index is 0.221. The summed E-state index contributed by atoms with van der Waals surface area (Å²) in [5, 5.41) is 5.54. The zero-order valence-corrected chi connectivity index (χ0v) is 17.3. The van der Waals surface area contributed by atoms with Gasteiger partial charge in [0, 0.05) is 6.54 Å². The largest absolute Gasteiger partial charge is 0.454 e. The second kappa shape index (κ2) is 7.29. The fourth-order valence-corrected chi connectivity index (χ4v) is 6.29. The van der Waals surface area contributed by atoms with Crippen molar-refractivity contribution in [3.05, 3.63) is 0 Å². The Morgan fingerprint density at radius 1 is 1.14 bits per heavy atom. The van der Waals surface area contributed by atoms with Crippen LogP contribution in [0.25, 0.3) is 0 Å². The Morgan fingerprint density at radius 3 is 2.24 bits per heavy atom. The molecular formula is C21H31N3O5. The number of nitrogens with one attached hydrogen (secondary N) is 2. The van der Waals surface area contributed by atoms with Crippen LogP contribution in [-0.4, -0.2) is 54.0 Å². The van der Waals surface area contributed by atoms with Crippen molar-refractivity contribution in [2.24, 2.45) is 23.2 Å². The number of rotatable bonds is 7. The van der Waals surface area contributed by atoms with Crippen LogP contribution in [0.2, 0.25) is 0 Å². The minimum Gasteiger partial charge on any atom is -0.454 e. The normalized spacial score (nSPS) is 37.6. The molecule has 8 nitrogen and oxygen atoms in total. The number of ether oxygens (including phenoxy) is 1. The van der Waals surface area contributed by atoms with Gasteiger partial charge in [0.25, 0.3) is 11.8 Å². The third-order valence-electron chi connectivity index (χ3n) is 7.53. The Hall–Kier alpha value is -2.12. The molecular weight excluding hydrogens is 374 g/mol. The number of hydrogen-bond donors (Lipinski definition) is 2. The van der Waals surface area contributed by atoms with Gasteiger partial charge in [-0.05, 0) is 75.0 Å². The number of hydrogen-bond acceptors (Lipinski definition) is 5. The van der Waals surface area contributed by atoms with Gasteiger partial charge < -0.3 is 15.4 Å². The lowest BCUT2D eigenvalue weighted by Gasteiger charge is -2.56. The Kier molecular flexibility index (Phi) is 5.07. The van der Waals surface area contributed by atoms with Crippen molar-refractivity contribution in [3.63, 3.8) is 0 Å². The van der Waals surface area contributed by atoms with Crippen molar-refractivity contribution < 1.29 is 23.9 Å². The standard InChI is InChI=1S/C21H31N3O5/c1-3-20(2)18(27)24(19(28)23-20)10-17(26)29-11-16(25)22-12-21-7-13-4-14(8-21)6-15(5-13)9-21/h13-15H,3-12H2,1-2H3,(H,22,25)(H,23,28)/t13?,14?,15?,20-,21?/m1/s1. The molecule has 0 radical (unpaired) electrons. The van der Waals surface area contributed by atoms with E-state index in [1.807, 2.05) is 0 Å². The van der Waals surface area contributed by atoms with Gasteiger partial charge in [0.2, 0.25) is 0 Å². The zero-order chi connectivity index (χ0) is 20.8. The number of carbonyl (C=O) groups is 4. The quantitative estimate of drug-likeness (QED) is 0.494. The van der Waals surface area contributed by atoms with Crippen molar-refractivity contribution in [2.75, 3.05) is 19.7 Å². The average molecular weight is 405 g/mol. The molecule has 4 saturated carbocycles. The smallest absolute Gasteiger partial charge is 0.326 e. The Balaban J connectivity index is 1.22. The summed E-state index contributed by atoms with van der Waals surface area (Å²) in [6, 6.07) is -0.609. The maximum absolute atomic E-state index is 12.3. The predicted molar refractivity (Wildman–Crippen MR) is 104 cm³/mol. The van der Waals surface area contributed by atoms with Gasteiger partial charge in [0.05, 0.1) is 0 Å². The van der Waals surface area contributed by atoms with E-state index < -0.39 is 30.0 Å². The molecule has 5 fully saturated rings. The van der Waals surface area contributed by atoms with E-state index in [-0.39, 0.29) is 17.9 Å². The Labute approximate surface area is 171 Å². The molecule has 0 aromatic heterocycles. The number of nitrogens with zero attached hydrogens (tertiary/aromatic N) is 1. The molecule has 2 N–H and O–H groups in total. The van der Waals surface area contributed by atoms with Gasteiger partial charge in [-0.15, -0.1) is 0 Å². The highest BCUT2D eigenvalue weighted by Gasteiger charge is 2.51. The van der Waals surface area contributed by atoms with E-state index in [1.54, 1.807) is 13.8 Å². The van der Waals surface area contributed by atoms with Crippen LogP contribution >= 0.6 is 0 Å². The van der Waals surface area contributed by atoms with Crippen molar-refractivity contribution in [1.29, 1.82) is 0 Å². The van der Waals surface area contributed by atoms with Crippen molar-refractivity contribution >= 4 is 23.8 Å². The third-order valence-corrected chi connectivity index (χ3v) is 7.53. The molecule has 0 spiro atoms. The number of amides is 4. The molecule has 1 atom stereocenters. The molecule has 4 bridgehead atoms. The molecule has 8 heteroatoms. The van der Waals surface area contributed by atoms with E-state index in [1.165, 1.54) is 38.5 Å². The molecule has 4 aliphatic carbocycles. The van der Waals surface area contributed by atoms with Crippen LogP contribution in [0.4, 0.5) is 4.79 Å². The van der Waals surface area contributed by atoms with Crippen LogP contribution in [0, 0.1) is 23.2 Å². The van der Waals surface area contributed by atoms with E-state index >= 15 is 0 Å². The molecule has 0 aromatic carbocycles. The van der Waals surface area contributed by atoms with Gasteiger partial charge in [0.15, 0.2) is 6.61 Å². The first kappa shape index (κ1) is 20.2. The minimum atomic E-state index is -0.993. The number of esters is 1. The summed E-state index contributed by atoms with van der Waals surface area (Å²) < 4.78 is 5.01. The number of urea groups is 1. The van der Waals surface area contributed by atoms with Crippen LogP contribution in [0.3, 0.4) is 0 Å². The summed E-state index contributed by atoms with van der Waals surface area (Å²) >= 11 is 0. The topological polar surface area (TPSA) is 105 Å². The van der Waals surface area contributed by atoms with Gasteiger partial charge in [-0.2, -0.15) is 0 Å². The van der Waals surface area contributed by atoms with E-state index in [4.69, 9.17) is 4.74 Å². The molecule has 5 rings (SSSR count). The summed E-state index contributed by atoms with van der Waals surface area (Å²) in [7, 11) is 0. The average Bonchev–Trinajstić information content (AvgIpc) is 2.87. The van der Waals surface area contributed by atoms with Gasteiger partial charge >= 0.3 is 12.0 Å². The Bertz CT molecular complexity index is 701. The van der Waals surface area contributed by atoms with Crippen LogP contribution < -0.4 is 10.6 Å². The van der Waals surface area contributed by atoms with E-state index in [9.17, 15) is 19.2 Å². The first-order chi connectivity index (χ1) is 13.7. The molecule has 4 amide bonds. The van der Waals surface area contributed by atoms with E-state index in [0.717, 1.165) is 22.7 Å². The van der Waals surface area contributed by atoms with Gasteiger partial charge in [-0.1, -0.05) is 6.92 Å². The molecule has 0 aromatic rings. The summed E-state index contributed by atoms with van der Waals surface area (Å²) in [6.45, 7) is 3.18. The second-order valence-corrected chi connectivity index (χ2v) is 9.86. The zero-order valence-electron chi connectivity index (χ0n) is 17.3. The lowest BCUT2D eigenvalue weighted by Crippen LogP contribution is -2.51. The molecule has 1 heterocycles. The molecule has 1 aliphatic heterocycles. The van der Waals surface area contributed by atoms with Crippen LogP contribution in [-0.2, 0) is 19.1 Å². The maximum Gasteiger partial charge on any atom is 0.326 e. The van der Waals surface area contributed by atoms with Crippen LogP contribution in [0.5, 0.6) is 0 Å². The van der Waals surface area contributed by atoms with E-state index in [2.05, 4.69) is 10.6 Å². The molecule has 0 unspecified atom stereocenters. The third kappa shape index (κ3) is 3.85. The van der Waals surface area contributed by atoms with Gasteiger partial charge in [-0.3, -0.25) is 19.3 Å². The molecule has 29 heavy (non-hydrogen) atoms. The van der Waals surface area contributed by atoms with Crippen molar-refractivity contribution in [1.82, 2.24) is 15.5 Å². The lowest BCUT2D eigenvalue weighted by molar-refractivity contribution is -0.151. The predicted octanol–water partition coefficient (Wildman–Crippen LogP) is 1.58. The van der Waals surface area contributed by atoms with Gasteiger partial charge in [0.1, 0.15) is 12.1 Å². The maximum atomic E-state index is 12.3. The first-order valence-electron chi connectivity index (χ1n) is 10.8. The van der Waals surface area contributed by atoms with Crippen molar-refractivity contribution in [2.45, 2.75) is 64.3 Å². The Morgan fingerprint density at radius 2 is 1.72 bits per heavy atom. The fraction of sp³-hybridized carbons (Fsp3) is 0.810. The molecule has 160 valence electrons. The summed E-state index contributed by atoms with van der Waals surface area (Å²) in [4.78, 5) is 49.4. The van der Waals surface area contributed by atoms with Gasteiger partial charge in [-0.25, -0.2) is 4.79 Å². The number of carbonyl (C=O) groups excluding carboxylic acids is 4. The van der Waals surface area contributed by atoms with Crippen molar-refractivity contribution in [3.8, 4) is 0 Å². The van der Waals surface area contributed by atoms with E-state index in [0.29, 0.717) is 13.0 Å². The highest BCUT2D eigenvalue weighted by Crippen LogP contribution is 2.59. The lowest BCUT2D eigenvalue weighted by atomic mass is 9.49. The monoisotopic (exact) mass is 405 g/mol. The highest BCUT2D eigenvalue weighted by molar-refractivity contribution is 6.08. The van der Waals surface area contributed by atoms with Crippen LogP contribution in [0.15, 0.2) is 0 Å². The first-order valence-corrected chi connectivity index (χ1v) is 10.8. The highest BCUT2D eigenvalue weighted by atomic mass is 16.5. The summed E-state index contributed by atoms with van der Waals surface area (Å²) in [5.41, 5.74) is -0.772. The molecule has 5 aliphatic rings. The second-order valence-electron chi connectivity index (χ2n) is 9.86. The fourth-order valence-electron chi connectivity index (χ4n) is 6.29. The SMILES string of the molecule is CC[C@@]1(C)NC(=O)N(CC(=O)OCC(=O)NCC23CC4CC(CC(C4)C2)C3)C1=O.